The van der Waals surface area contributed by atoms with Gasteiger partial charge in [0.2, 0.25) is 5.91 Å². The molecule has 0 spiro atoms. The van der Waals surface area contributed by atoms with E-state index in [4.69, 9.17) is 16.0 Å². The lowest BCUT2D eigenvalue weighted by Crippen LogP contribution is -2.37. The first-order valence-corrected chi connectivity index (χ1v) is 10.7. The lowest BCUT2D eigenvalue weighted by Gasteiger charge is -2.31. The number of nitrogens with one attached hydrogen (secondary N) is 1. The molecular formula is C25H23ClN2O2. The predicted octanol–water partition coefficient (Wildman–Crippen LogP) is 6.09. The van der Waals surface area contributed by atoms with Crippen molar-refractivity contribution in [2.24, 2.45) is 5.92 Å². The van der Waals surface area contributed by atoms with E-state index in [0.717, 1.165) is 70.7 Å². The number of carbonyl (C=O) groups excluding carboxylic acids is 1. The summed E-state index contributed by atoms with van der Waals surface area (Å²) in [5, 5.41) is 6.05. The molecule has 0 aliphatic carbocycles. The van der Waals surface area contributed by atoms with Gasteiger partial charge in [-0.15, -0.1) is 0 Å². The summed E-state index contributed by atoms with van der Waals surface area (Å²) < 4.78 is 5.93. The van der Waals surface area contributed by atoms with Crippen molar-refractivity contribution in [1.29, 1.82) is 0 Å². The van der Waals surface area contributed by atoms with E-state index in [1.807, 2.05) is 54.6 Å². The Bertz CT molecular complexity index is 1210. The van der Waals surface area contributed by atoms with E-state index in [9.17, 15) is 4.79 Å². The van der Waals surface area contributed by atoms with Gasteiger partial charge in [0, 0.05) is 40.0 Å². The van der Waals surface area contributed by atoms with Gasteiger partial charge >= 0.3 is 0 Å². The maximum absolute atomic E-state index is 12.8. The molecule has 5 heteroatoms. The third-order valence-corrected chi connectivity index (χ3v) is 6.33. The Morgan fingerprint density at radius 2 is 1.70 bits per heavy atom. The van der Waals surface area contributed by atoms with Crippen molar-refractivity contribution in [2.45, 2.75) is 19.4 Å². The molecule has 0 bridgehead atoms. The molecule has 1 saturated heterocycles. The van der Waals surface area contributed by atoms with Gasteiger partial charge in [-0.1, -0.05) is 48.0 Å². The Morgan fingerprint density at radius 1 is 0.967 bits per heavy atom. The number of piperidine rings is 1. The topological polar surface area (TPSA) is 45.5 Å². The maximum Gasteiger partial charge on any atom is 0.227 e. The van der Waals surface area contributed by atoms with E-state index in [-0.39, 0.29) is 11.8 Å². The van der Waals surface area contributed by atoms with Crippen LogP contribution in [-0.4, -0.2) is 23.9 Å². The van der Waals surface area contributed by atoms with Crippen LogP contribution in [0.15, 0.2) is 71.1 Å². The molecule has 1 amide bonds. The lowest BCUT2D eigenvalue weighted by atomic mass is 9.95. The van der Waals surface area contributed by atoms with Crippen molar-refractivity contribution in [2.75, 3.05) is 18.4 Å². The van der Waals surface area contributed by atoms with Gasteiger partial charge in [0.1, 0.15) is 11.2 Å². The summed E-state index contributed by atoms with van der Waals surface area (Å²) in [4.78, 5) is 15.2. The van der Waals surface area contributed by atoms with E-state index in [0.29, 0.717) is 0 Å². The van der Waals surface area contributed by atoms with E-state index in [1.54, 1.807) is 0 Å². The Balaban J connectivity index is 1.22. The van der Waals surface area contributed by atoms with Gasteiger partial charge in [-0.3, -0.25) is 9.69 Å². The van der Waals surface area contributed by atoms with E-state index >= 15 is 0 Å². The van der Waals surface area contributed by atoms with Crippen LogP contribution in [0.2, 0.25) is 5.02 Å². The van der Waals surface area contributed by atoms with Crippen LogP contribution in [-0.2, 0) is 11.3 Å². The maximum atomic E-state index is 12.8. The van der Waals surface area contributed by atoms with Crippen LogP contribution in [0.1, 0.15) is 18.4 Å². The molecule has 1 aliphatic rings. The second kappa shape index (κ2) is 8.13. The molecule has 1 aliphatic heterocycles. The summed E-state index contributed by atoms with van der Waals surface area (Å²) in [5.74, 6) is 0.113. The first kappa shape index (κ1) is 19.2. The van der Waals surface area contributed by atoms with Gasteiger partial charge in [-0.25, -0.2) is 0 Å². The highest BCUT2D eigenvalue weighted by Gasteiger charge is 2.25. The molecule has 2 heterocycles. The van der Waals surface area contributed by atoms with Crippen LogP contribution in [0.5, 0.6) is 0 Å². The molecule has 0 unspecified atom stereocenters. The fourth-order valence-corrected chi connectivity index (χ4v) is 4.46. The highest BCUT2D eigenvalue weighted by atomic mass is 35.5. The minimum Gasteiger partial charge on any atom is -0.456 e. The number of hydrogen-bond acceptors (Lipinski definition) is 3. The number of furan rings is 1. The second-order valence-electron chi connectivity index (χ2n) is 7.94. The zero-order chi connectivity index (χ0) is 20.5. The molecule has 0 radical (unpaired) electrons. The smallest absolute Gasteiger partial charge is 0.227 e. The van der Waals surface area contributed by atoms with Crippen LogP contribution >= 0.6 is 11.6 Å². The number of amides is 1. The third-order valence-electron chi connectivity index (χ3n) is 5.96. The number of nitrogens with zero attached hydrogens (tertiary/aromatic N) is 1. The average Bonchev–Trinajstić information content (AvgIpc) is 3.13. The molecule has 1 fully saturated rings. The number of halogens is 1. The van der Waals surface area contributed by atoms with Crippen molar-refractivity contribution in [3.63, 3.8) is 0 Å². The summed E-state index contributed by atoms with van der Waals surface area (Å²) in [6.45, 7) is 2.62. The second-order valence-corrected chi connectivity index (χ2v) is 8.35. The van der Waals surface area contributed by atoms with Crippen LogP contribution in [0.3, 0.4) is 0 Å². The van der Waals surface area contributed by atoms with Crippen molar-refractivity contribution >= 4 is 45.1 Å². The molecule has 1 aromatic heterocycles. The molecule has 4 aromatic rings. The minimum absolute atomic E-state index is 0.0267. The molecular weight excluding hydrogens is 396 g/mol. The molecule has 152 valence electrons. The van der Waals surface area contributed by atoms with Crippen LogP contribution in [0.4, 0.5) is 5.69 Å². The lowest BCUT2D eigenvalue weighted by molar-refractivity contribution is -0.121. The zero-order valence-corrected chi connectivity index (χ0v) is 17.4. The highest BCUT2D eigenvalue weighted by molar-refractivity contribution is 6.31. The summed E-state index contributed by atoms with van der Waals surface area (Å²) in [6.07, 6.45) is 1.70. The number of rotatable bonds is 4. The van der Waals surface area contributed by atoms with Gasteiger partial charge in [0.05, 0.1) is 0 Å². The minimum atomic E-state index is 0.0267. The van der Waals surface area contributed by atoms with Gasteiger partial charge in [0.15, 0.2) is 0 Å². The zero-order valence-electron chi connectivity index (χ0n) is 16.6. The number of likely N-dealkylation sites (tertiary alicyclic amines) is 1. The normalized spacial score (nSPS) is 15.6. The van der Waals surface area contributed by atoms with Crippen molar-refractivity contribution in [3.8, 4) is 0 Å². The average molecular weight is 419 g/mol. The Hall–Kier alpha value is -2.82. The summed E-state index contributed by atoms with van der Waals surface area (Å²) >= 11 is 6.28. The predicted molar refractivity (Wildman–Crippen MR) is 122 cm³/mol. The molecule has 3 aromatic carbocycles. The standard InChI is InChI=1S/C25H23ClN2O2/c26-22-7-3-1-5-18(22)16-28-13-11-17(12-14-28)25(29)27-19-9-10-21-20-6-2-4-8-23(20)30-24(21)15-19/h1-10,15,17H,11-14,16H2,(H,27,29). The molecule has 5 rings (SSSR count). The summed E-state index contributed by atoms with van der Waals surface area (Å²) in [6, 6.07) is 21.8. The van der Waals surface area contributed by atoms with Gasteiger partial charge < -0.3 is 9.73 Å². The third kappa shape index (κ3) is 3.81. The Kier molecular flexibility index (Phi) is 5.19. The quantitative estimate of drug-likeness (QED) is 0.436. The number of hydrogen-bond donors (Lipinski definition) is 1. The van der Waals surface area contributed by atoms with Gasteiger partial charge in [-0.05, 0) is 55.8 Å². The number of carbonyl (C=O) groups is 1. The Morgan fingerprint density at radius 3 is 2.53 bits per heavy atom. The first-order chi connectivity index (χ1) is 14.7. The first-order valence-electron chi connectivity index (χ1n) is 10.4. The van der Waals surface area contributed by atoms with Gasteiger partial charge in [-0.2, -0.15) is 0 Å². The molecule has 0 saturated carbocycles. The molecule has 30 heavy (non-hydrogen) atoms. The molecule has 4 nitrogen and oxygen atoms in total. The highest BCUT2D eigenvalue weighted by Crippen LogP contribution is 2.31. The molecule has 1 N–H and O–H groups in total. The molecule has 0 atom stereocenters. The largest absolute Gasteiger partial charge is 0.456 e. The fraction of sp³-hybridized carbons (Fsp3) is 0.240. The summed E-state index contributed by atoms with van der Waals surface area (Å²) in [7, 11) is 0. The number of benzene rings is 3. The van der Waals surface area contributed by atoms with Crippen molar-refractivity contribution < 1.29 is 9.21 Å². The van der Waals surface area contributed by atoms with E-state index in [2.05, 4.69) is 22.3 Å². The van der Waals surface area contributed by atoms with Crippen molar-refractivity contribution in [3.05, 3.63) is 77.3 Å². The van der Waals surface area contributed by atoms with Crippen LogP contribution in [0.25, 0.3) is 21.9 Å². The Labute approximate surface area is 180 Å². The van der Waals surface area contributed by atoms with E-state index < -0.39 is 0 Å². The number of para-hydroxylation sites is 1. The monoisotopic (exact) mass is 418 g/mol. The van der Waals surface area contributed by atoms with Crippen molar-refractivity contribution in [1.82, 2.24) is 4.90 Å². The van der Waals surface area contributed by atoms with E-state index in [1.165, 1.54) is 0 Å². The fourth-order valence-electron chi connectivity index (χ4n) is 4.27. The van der Waals surface area contributed by atoms with Gasteiger partial charge in [0.25, 0.3) is 0 Å². The number of anilines is 1. The summed E-state index contributed by atoms with van der Waals surface area (Å²) in [5.41, 5.74) is 3.58. The SMILES string of the molecule is O=C(Nc1ccc2c(c1)oc1ccccc12)C1CCN(Cc2ccccc2Cl)CC1. The number of fused-ring (bicyclic) bond motifs is 3. The van der Waals surface area contributed by atoms with Crippen LogP contribution in [0, 0.1) is 5.92 Å². The van der Waals surface area contributed by atoms with Crippen LogP contribution < -0.4 is 5.32 Å².